The minimum absolute atomic E-state index is 0.0307. The standard InChI is InChI=1S/C13H7Br2ClN2O3/c14-6-1-2-10(8(3-6)13(20)21)18-12(19)9-4-7(15)5-17-11(9)16/h1-5H,(H,18,19)(H,20,21). The van der Waals surface area contributed by atoms with Gasteiger partial charge in [0.05, 0.1) is 16.8 Å². The molecule has 0 saturated heterocycles. The molecule has 5 nitrogen and oxygen atoms in total. The van der Waals surface area contributed by atoms with Crippen molar-refractivity contribution in [1.82, 2.24) is 4.98 Å². The summed E-state index contributed by atoms with van der Waals surface area (Å²) in [6.07, 6.45) is 1.46. The molecule has 0 aliphatic rings. The van der Waals surface area contributed by atoms with Crippen LogP contribution in [0.2, 0.25) is 5.15 Å². The highest BCUT2D eigenvalue weighted by atomic mass is 79.9. The van der Waals surface area contributed by atoms with Gasteiger partial charge in [-0.1, -0.05) is 27.5 Å². The van der Waals surface area contributed by atoms with Gasteiger partial charge in [-0.25, -0.2) is 9.78 Å². The van der Waals surface area contributed by atoms with Crippen molar-refractivity contribution < 1.29 is 14.7 Å². The Balaban J connectivity index is 2.36. The summed E-state index contributed by atoms with van der Waals surface area (Å²) in [5.41, 5.74) is 0.286. The number of carboxylic acid groups (broad SMARTS) is 1. The molecule has 108 valence electrons. The smallest absolute Gasteiger partial charge is 0.337 e. The van der Waals surface area contributed by atoms with Crippen LogP contribution in [0, 0.1) is 0 Å². The number of aromatic nitrogens is 1. The summed E-state index contributed by atoms with van der Waals surface area (Å²) >= 11 is 12.2. The van der Waals surface area contributed by atoms with Gasteiger partial charge in [-0.15, -0.1) is 0 Å². The largest absolute Gasteiger partial charge is 0.478 e. The SMILES string of the molecule is O=C(O)c1cc(Br)ccc1NC(=O)c1cc(Br)cnc1Cl. The third-order valence-electron chi connectivity index (χ3n) is 2.51. The zero-order valence-corrected chi connectivity index (χ0v) is 14.2. The monoisotopic (exact) mass is 432 g/mol. The van der Waals surface area contributed by atoms with Gasteiger partial charge >= 0.3 is 5.97 Å². The molecule has 1 aromatic heterocycles. The van der Waals surface area contributed by atoms with Gasteiger partial charge in [0, 0.05) is 15.1 Å². The summed E-state index contributed by atoms with van der Waals surface area (Å²) < 4.78 is 1.19. The zero-order valence-electron chi connectivity index (χ0n) is 10.2. The second-order valence-corrected chi connectivity index (χ2v) is 6.13. The third kappa shape index (κ3) is 3.81. The van der Waals surface area contributed by atoms with E-state index in [4.69, 9.17) is 16.7 Å². The summed E-state index contributed by atoms with van der Waals surface area (Å²) in [5, 5.41) is 11.7. The number of carbonyl (C=O) groups is 2. The minimum atomic E-state index is -1.15. The van der Waals surface area contributed by atoms with Crippen molar-refractivity contribution in [2.24, 2.45) is 0 Å². The van der Waals surface area contributed by atoms with Crippen LogP contribution in [0.5, 0.6) is 0 Å². The molecule has 2 N–H and O–H groups in total. The van der Waals surface area contributed by atoms with Gasteiger partial charge in [0.15, 0.2) is 0 Å². The lowest BCUT2D eigenvalue weighted by Gasteiger charge is -2.10. The first-order valence-corrected chi connectivity index (χ1v) is 7.50. The van der Waals surface area contributed by atoms with Gasteiger partial charge in [-0.2, -0.15) is 0 Å². The normalized spacial score (nSPS) is 10.2. The average Bonchev–Trinajstić information content (AvgIpc) is 2.43. The molecule has 0 atom stereocenters. The maximum Gasteiger partial charge on any atom is 0.337 e. The molecule has 0 bridgehead atoms. The maximum atomic E-state index is 12.2. The van der Waals surface area contributed by atoms with E-state index in [0.717, 1.165) is 0 Å². The van der Waals surface area contributed by atoms with Crippen LogP contribution in [0.1, 0.15) is 20.7 Å². The summed E-state index contributed by atoms with van der Waals surface area (Å²) in [5.74, 6) is -1.69. The van der Waals surface area contributed by atoms with Crippen LogP contribution >= 0.6 is 43.5 Å². The van der Waals surface area contributed by atoms with Crippen molar-refractivity contribution in [3.8, 4) is 0 Å². The van der Waals surface area contributed by atoms with E-state index in [2.05, 4.69) is 42.2 Å². The summed E-state index contributed by atoms with van der Waals surface area (Å²) in [6.45, 7) is 0. The van der Waals surface area contributed by atoms with E-state index in [1.165, 1.54) is 24.4 Å². The number of amides is 1. The Morgan fingerprint density at radius 2 is 1.81 bits per heavy atom. The molecule has 21 heavy (non-hydrogen) atoms. The highest BCUT2D eigenvalue weighted by molar-refractivity contribution is 9.10. The molecule has 1 aromatic carbocycles. The van der Waals surface area contributed by atoms with Crippen LogP contribution in [-0.2, 0) is 0 Å². The van der Waals surface area contributed by atoms with Crippen molar-refractivity contribution in [2.75, 3.05) is 5.32 Å². The molecule has 2 aromatic rings. The predicted molar refractivity (Wildman–Crippen MR) is 86.0 cm³/mol. The van der Waals surface area contributed by atoms with Gasteiger partial charge in [-0.05, 0) is 40.2 Å². The Morgan fingerprint density at radius 3 is 2.48 bits per heavy atom. The van der Waals surface area contributed by atoms with Crippen molar-refractivity contribution in [3.63, 3.8) is 0 Å². The van der Waals surface area contributed by atoms with E-state index >= 15 is 0 Å². The number of hydrogen-bond donors (Lipinski definition) is 2. The van der Waals surface area contributed by atoms with Crippen LogP contribution in [-0.4, -0.2) is 22.0 Å². The van der Waals surface area contributed by atoms with Crippen LogP contribution in [0.15, 0.2) is 39.4 Å². The van der Waals surface area contributed by atoms with Crippen LogP contribution in [0.3, 0.4) is 0 Å². The van der Waals surface area contributed by atoms with E-state index in [0.29, 0.717) is 8.95 Å². The molecule has 0 fully saturated rings. The first-order valence-electron chi connectivity index (χ1n) is 5.53. The fraction of sp³-hybridized carbons (Fsp3) is 0. The molecule has 2 rings (SSSR count). The lowest BCUT2D eigenvalue weighted by molar-refractivity contribution is 0.0698. The number of benzene rings is 1. The topological polar surface area (TPSA) is 79.3 Å². The molecule has 8 heteroatoms. The molecule has 0 spiro atoms. The van der Waals surface area contributed by atoms with Gasteiger partial charge in [0.1, 0.15) is 5.15 Å². The van der Waals surface area contributed by atoms with E-state index in [9.17, 15) is 9.59 Å². The lowest BCUT2D eigenvalue weighted by Crippen LogP contribution is -2.15. The number of hydrogen-bond acceptors (Lipinski definition) is 3. The molecular formula is C13H7Br2ClN2O3. The van der Waals surface area contributed by atoms with Crippen LogP contribution in [0.4, 0.5) is 5.69 Å². The van der Waals surface area contributed by atoms with Gasteiger partial charge in [0.25, 0.3) is 5.91 Å². The average molecular weight is 434 g/mol. The van der Waals surface area contributed by atoms with Gasteiger partial charge in [0.2, 0.25) is 0 Å². The number of carbonyl (C=O) groups excluding carboxylic acids is 1. The highest BCUT2D eigenvalue weighted by Gasteiger charge is 2.16. The molecule has 0 unspecified atom stereocenters. The van der Waals surface area contributed by atoms with E-state index < -0.39 is 11.9 Å². The zero-order chi connectivity index (χ0) is 15.6. The molecule has 0 aliphatic heterocycles. The number of pyridine rings is 1. The number of carboxylic acids is 1. The van der Waals surface area contributed by atoms with Gasteiger partial charge < -0.3 is 10.4 Å². The van der Waals surface area contributed by atoms with Crippen molar-refractivity contribution in [2.45, 2.75) is 0 Å². The third-order valence-corrected chi connectivity index (χ3v) is 3.74. The van der Waals surface area contributed by atoms with Crippen LogP contribution in [0.25, 0.3) is 0 Å². The first kappa shape index (κ1) is 15.9. The maximum absolute atomic E-state index is 12.2. The first-order chi connectivity index (χ1) is 9.88. The Morgan fingerprint density at radius 1 is 1.14 bits per heavy atom. The molecule has 0 saturated carbocycles. The number of anilines is 1. The highest BCUT2D eigenvalue weighted by Crippen LogP contribution is 2.24. The predicted octanol–water partition coefficient (Wildman–Crippen LogP) is 4.21. The fourth-order valence-corrected chi connectivity index (χ4v) is 2.46. The minimum Gasteiger partial charge on any atom is -0.478 e. The van der Waals surface area contributed by atoms with Crippen molar-refractivity contribution >= 4 is 61.0 Å². The lowest BCUT2D eigenvalue weighted by atomic mass is 10.1. The molecule has 1 amide bonds. The van der Waals surface area contributed by atoms with E-state index in [-0.39, 0.29) is 22.0 Å². The van der Waals surface area contributed by atoms with Crippen LogP contribution < -0.4 is 5.32 Å². The molecular weight excluding hydrogens is 427 g/mol. The molecule has 0 aliphatic carbocycles. The number of nitrogens with zero attached hydrogens (tertiary/aromatic N) is 1. The van der Waals surface area contributed by atoms with E-state index in [1.54, 1.807) is 6.07 Å². The summed E-state index contributed by atoms with van der Waals surface area (Å²) in [6, 6.07) is 6.02. The second kappa shape index (κ2) is 6.55. The van der Waals surface area contributed by atoms with Crippen molar-refractivity contribution in [1.29, 1.82) is 0 Å². The Bertz CT molecular complexity index is 737. The van der Waals surface area contributed by atoms with Gasteiger partial charge in [-0.3, -0.25) is 4.79 Å². The number of rotatable bonds is 3. The Labute approximate surface area is 141 Å². The summed E-state index contributed by atoms with van der Waals surface area (Å²) in [4.78, 5) is 27.2. The molecule has 0 radical (unpaired) electrons. The fourth-order valence-electron chi connectivity index (χ4n) is 1.57. The Hall–Kier alpha value is -1.44. The number of aromatic carboxylic acids is 1. The van der Waals surface area contributed by atoms with E-state index in [1.807, 2.05) is 0 Å². The quantitative estimate of drug-likeness (QED) is 0.710. The number of halogens is 3. The Kier molecular flexibility index (Phi) is 4.97. The molecule has 1 heterocycles. The second-order valence-electron chi connectivity index (χ2n) is 3.94. The van der Waals surface area contributed by atoms with Crippen molar-refractivity contribution in [3.05, 3.63) is 55.7 Å². The summed E-state index contributed by atoms with van der Waals surface area (Å²) in [7, 11) is 0. The number of nitrogens with one attached hydrogen (secondary N) is 1.